The zero-order valence-electron chi connectivity index (χ0n) is 17.8. The Balaban J connectivity index is 1.54. The van der Waals surface area contributed by atoms with Crippen LogP contribution in [0.4, 0.5) is 17.1 Å². The quantitative estimate of drug-likeness (QED) is 0.362. The third-order valence-electron chi connectivity index (χ3n) is 5.04. The second-order valence-corrected chi connectivity index (χ2v) is 8.17. The fourth-order valence-electron chi connectivity index (χ4n) is 3.36. The number of hydrogen-bond donors (Lipinski definition) is 2. The van der Waals surface area contributed by atoms with Crippen molar-refractivity contribution >= 4 is 63.8 Å². The average molecular weight is 494 g/mol. The summed E-state index contributed by atoms with van der Waals surface area (Å²) in [7, 11) is 0. The lowest BCUT2D eigenvalue weighted by Gasteiger charge is -2.16. The van der Waals surface area contributed by atoms with Gasteiger partial charge >= 0.3 is 0 Å². The van der Waals surface area contributed by atoms with Gasteiger partial charge in [0.25, 0.3) is 17.7 Å². The van der Waals surface area contributed by atoms with Crippen molar-refractivity contribution in [2.24, 2.45) is 0 Å². The number of benzene rings is 3. The van der Waals surface area contributed by atoms with E-state index in [2.05, 4.69) is 10.6 Å². The Kier molecular flexibility index (Phi) is 6.49. The number of nitrogens with zero attached hydrogens (tertiary/aromatic N) is 1. The molecule has 0 unspecified atom stereocenters. The second-order valence-electron chi connectivity index (χ2n) is 7.38. The molecule has 0 atom stereocenters. The van der Waals surface area contributed by atoms with Gasteiger partial charge in [0.1, 0.15) is 10.7 Å². The van der Waals surface area contributed by atoms with Crippen molar-refractivity contribution < 1.29 is 19.2 Å². The molecule has 0 radical (unpaired) electrons. The number of nitrogens with one attached hydrogen (secondary N) is 2. The molecule has 170 valence electrons. The molecular weight excluding hydrogens is 477 g/mol. The highest BCUT2D eigenvalue weighted by atomic mass is 35.5. The SMILES string of the molecule is CC(=O)c1cccc(NC(=O)c2cccc(NC3=C(Cl)C(=O)N(c4ccccc4Cl)C3=O)c2)c1. The molecule has 3 amide bonds. The molecule has 0 spiro atoms. The van der Waals surface area contributed by atoms with Gasteiger partial charge in [-0.05, 0) is 49.4 Å². The van der Waals surface area contributed by atoms with Crippen LogP contribution < -0.4 is 15.5 Å². The van der Waals surface area contributed by atoms with E-state index in [1.807, 2.05) is 0 Å². The second kappa shape index (κ2) is 9.51. The fraction of sp³-hybridized carbons (Fsp3) is 0.0400. The Hall–Kier alpha value is -3.94. The topological polar surface area (TPSA) is 95.6 Å². The third-order valence-corrected chi connectivity index (χ3v) is 5.71. The summed E-state index contributed by atoms with van der Waals surface area (Å²) in [6, 6.07) is 19.3. The van der Waals surface area contributed by atoms with Crippen molar-refractivity contribution in [1.29, 1.82) is 0 Å². The van der Waals surface area contributed by atoms with Gasteiger partial charge in [0.05, 0.1) is 10.7 Å². The molecule has 0 fully saturated rings. The van der Waals surface area contributed by atoms with E-state index in [4.69, 9.17) is 23.2 Å². The number of amides is 3. The number of carbonyl (C=O) groups excluding carboxylic acids is 4. The molecule has 0 saturated carbocycles. The summed E-state index contributed by atoms with van der Waals surface area (Å²) in [4.78, 5) is 50.8. The number of rotatable bonds is 6. The molecular formula is C25H17Cl2N3O4. The van der Waals surface area contributed by atoms with E-state index in [0.717, 1.165) is 4.90 Å². The minimum atomic E-state index is -0.707. The van der Waals surface area contributed by atoms with Crippen LogP contribution in [0.3, 0.4) is 0 Å². The van der Waals surface area contributed by atoms with Crippen molar-refractivity contribution in [2.45, 2.75) is 6.92 Å². The number of ketones is 1. The Morgan fingerprint density at radius 1 is 0.794 bits per heavy atom. The zero-order valence-corrected chi connectivity index (χ0v) is 19.3. The average Bonchev–Trinajstić information content (AvgIpc) is 3.03. The molecule has 3 aromatic rings. The molecule has 1 aliphatic heterocycles. The number of imide groups is 1. The van der Waals surface area contributed by atoms with Crippen molar-refractivity contribution in [3.63, 3.8) is 0 Å². The van der Waals surface area contributed by atoms with Crippen molar-refractivity contribution in [1.82, 2.24) is 0 Å². The first-order chi connectivity index (χ1) is 16.3. The van der Waals surface area contributed by atoms with E-state index in [1.165, 1.54) is 19.1 Å². The maximum absolute atomic E-state index is 13.0. The van der Waals surface area contributed by atoms with E-state index in [9.17, 15) is 19.2 Å². The molecule has 1 heterocycles. The highest BCUT2D eigenvalue weighted by Crippen LogP contribution is 2.34. The molecule has 34 heavy (non-hydrogen) atoms. The van der Waals surface area contributed by atoms with Gasteiger partial charge in [-0.15, -0.1) is 0 Å². The summed E-state index contributed by atoms with van der Waals surface area (Å²) in [6.07, 6.45) is 0. The standard InChI is InChI=1S/C25H17Cl2N3O4/c1-14(31)15-6-4-9-18(12-15)29-23(32)16-7-5-8-17(13-16)28-22-21(27)24(33)30(25(22)34)20-11-3-2-10-19(20)26/h2-13,28H,1H3,(H,29,32). The van der Waals surface area contributed by atoms with Crippen LogP contribution in [0.1, 0.15) is 27.6 Å². The highest BCUT2D eigenvalue weighted by molar-refractivity contribution is 6.53. The Labute approximate surface area is 205 Å². The van der Waals surface area contributed by atoms with Gasteiger partial charge in [0.2, 0.25) is 0 Å². The van der Waals surface area contributed by atoms with E-state index < -0.39 is 17.7 Å². The predicted octanol–water partition coefficient (Wildman–Crippen LogP) is 5.23. The summed E-state index contributed by atoms with van der Waals surface area (Å²) in [5, 5.41) is 5.51. The zero-order chi connectivity index (χ0) is 24.4. The summed E-state index contributed by atoms with van der Waals surface area (Å²) in [5.41, 5.74) is 1.69. The van der Waals surface area contributed by atoms with Crippen LogP contribution in [-0.2, 0) is 9.59 Å². The van der Waals surface area contributed by atoms with Crippen LogP contribution in [0.25, 0.3) is 0 Å². The molecule has 3 aromatic carbocycles. The van der Waals surface area contributed by atoms with Crippen molar-refractivity contribution in [3.8, 4) is 0 Å². The minimum absolute atomic E-state index is 0.117. The van der Waals surface area contributed by atoms with Crippen LogP contribution in [0.2, 0.25) is 5.02 Å². The molecule has 0 saturated heterocycles. The maximum Gasteiger partial charge on any atom is 0.283 e. The Morgan fingerprint density at radius 3 is 2.15 bits per heavy atom. The fourth-order valence-corrected chi connectivity index (χ4v) is 3.80. The summed E-state index contributed by atoms with van der Waals surface area (Å²) in [5.74, 6) is -1.91. The summed E-state index contributed by atoms with van der Waals surface area (Å²) < 4.78 is 0. The number of hydrogen-bond acceptors (Lipinski definition) is 5. The largest absolute Gasteiger partial charge is 0.350 e. The van der Waals surface area contributed by atoms with E-state index >= 15 is 0 Å². The third kappa shape index (κ3) is 4.57. The number of para-hydroxylation sites is 1. The Bertz CT molecular complexity index is 1380. The van der Waals surface area contributed by atoms with Gasteiger partial charge in [-0.1, -0.05) is 53.5 Å². The van der Waals surface area contributed by atoms with E-state index in [0.29, 0.717) is 16.9 Å². The molecule has 1 aliphatic rings. The van der Waals surface area contributed by atoms with E-state index in [1.54, 1.807) is 60.7 Å². The maximum atomic E-state index is 13.0. The monoisotopic (exact) mass is 493 g/mol. The minimum Gasteiger partial charge on any atom is -0.350 e. The van der Waals surface area contributed by atoms with Gasteiger partial charge in [0, 0.05) is 22.5 Å². The van der Waals surface area contributed by atoms with Crippen LogP contribution in [0.15, 0.2) is 83.5 Å². The van der Waals surface area contributed by atoms with Crippen LogP contribution in [-0.4, -0.2) is 23.5 Å². The van der Waals surface area contributed by atoms with Crippen molar-refractivity contribution in [2.75, 3.05) is 15.5 Å². The molecule has 9 heteroatoms. The number of anilines is 3. The smallest absolute Gasteiger partial charge is 0.283 e. The first-order valence-corrected chi connectivity index (χ1v) is 10.8. The molecule has 0 aromatic heterocycles. The number of halogens is 2. The lowest BCUT2D eigenvalue weighted by molar-refractivity contribution is -0.120. The van der Waals surface area contributed by atoms with Gasteiger partial charge in [-0.25, -0.2) is 4.90 Å². The molecule has 4 rings (SSSR count). The number of carbonyl (C=O) groups is 4. The normalized spacial score (nSPS) is 13.3. The summed E-state index contributed by atoms with van der Waals surface area (Å²) >= 11 is 12.3. The van der Waals surface area contributed by atoms with Crippen molar-refractivity contribution in [3.05, 3.63) is 99.7 Å². The first-order valence-electron chi connectivity index (χ1n) is 10.1. The highest BCUT2D eigenvalue weighted by Gasteiger charge is 2.39. The van der Waals surface area contributed by atoms with Gasteiger partial charge in [-0.3, -0.25) is 19.2 Å². The van der Waals surface area contributed by atoms with Crippen LogP contribution >= 0.6 is 23.2 Å². The lowest BCUT2D eigenvalue weighted by Crippen LogP contribution is -2.32. The predicted molar refractivity (Wildman–Crippen MR) is 131 cm³/mol. The Morgan fingerprint density at radius 2 is 1.44 bits per heavy atom. The number of Topliss-reactive ketones (excluding diaryl/α,β-unsaturated/α-hetero) is 1. The molecule has 0 bridgehead atoms. The van der Waals surface area contributed by atoms with Gasteiger partial charge in [0.15, 0.2) is 5.78 Å². The molecule has 7 nitrogen and oxygen atoms in total. The van der Waals surface area contributed by atoms with Gasteiger partial charge in [-0.2, -0.15) is 0 Å². The van der Waals surface area contributed by atoms with Crippen LogP contribution in [0, 0.1) is 0 Å². The molecule has 2 N–H and O–H groups in total. The van der Waals surface area contributed by atoms with Gasteiger partial charge < -0.3 is 10.6 Å². The van der Waals surface area contributed by atoms with Crippen LogP contribution in [0.5, 0.6) is 0 Å². The summed E-state index contributed by atoms with van der Waals surface area (Å²) in [6.45, 7) is 1.44. The molecule has 0 aliphatic carbocycles. The van der Waals surface area contributed by atoms with E-state index in [-0.39, 0.29) is 32.8 Å². The first kappa shape index (κ1) is 23.2. The lowest BCUT2D eigenvalue weighted by atomic mass is 10.1.